The van der Waals surface area contributed by atoms with E-state index in [2.05, 4.69) is 10.0 Å². The highest BCUT2D eigenvalue weighted by molar-refractivity contribution is 7.89. The smallest absolute Gasteiger partial charge is 0.268 e. The van der Waals surface area contributed by atoms with Gasteiger partial charge in [0.25, 0.3) is 5.91 Å². The van der Waals surface area contributed by atoms with Crippen molar-refractivity contribution in [3.63, 3.8) is 0 Å². The number of hydrogen-bond acceptors (Lipinski definition) is 5. The molecule has 0 aliphatic carbocycles. The van der Waals surface area contributed by atoms with E-state index in [9.17, 15) is 13.2 Å². The molecule has 0 aliphatic rings. The molecule has 0 bridgehead atoms. The summed E-state index contributed by atoms with van der Waals surface area (Å²) in [5, 5.41) is 2.70. The molecule has 0 atom stereocenters. The van der Waals surface area contributed by atoms with Crippen molar-refractivity contribution in [2.45, 2.75) is 11.8 Å². The normalized spacial score (nSPS) is 11.2. The largest absolute Gasteiger partial charge is 0.494 e. The van der Waals surface area contributed by atoms with E-state index in [4.69, 9.17) is 9.47 Å². The number of aromatic nitrogens is 1. The third-order valence-electron chi connectivity index (χ3n) is 3.58. The van der Waals surface area contributed by atoms with Crippen LogP contribution in [0.5, 0.6) is 11.5 Å². The van der Waals surface area contributed by atoms with Crippen molar-refractivity contribution in [3.05, 3.63) is 42.2 Å². The summed E-state index contributed by atoms with van der Waals surface area (Å²) in [6.07, 6.45) is 1.39. The monoisotopic (exact) mass is 381 g/mol. The first-order valence-corrected chi connectivity index (χ1v) is 9.59. The Hall–Kier alpha value is -2.52. The van der Waals surface area contributed by atoms with E-state index in [0.29, 0.717) is 12.4 Å². The standard InChI is InChI=1S/C17H23N3O5S/c1-4-24-13-5-7-14(8-6-13)25-10-9-19-17(21)16-11-15(12-20(16)3)26(22,23)18-2/h5-8,11-12,18H,4,9-10H2,1-3H3,(H,19,21). The average molecular weight is 381 g/mol. The average Bonchev–Trinajstić information content (AvgIpc) is 3.03. The minimum absolute atomic E-state index is 0.0401. The number of rotatable bonds is 9. The van der Waals surface area contributed by atoms with Crippen LogP contribution in [-0.2, 0) is 17.1 Å². The van der Waals surface area contributed by atoms with Crippen molar-refractivity contribution in [2.24, 2.45) is 7.05 Å². The number of aryl methyl sites for hydroxylation is 1. The zero-order chi connectivity index (χ0) is 19.2. The highest BCUT2D eigenvalue weighted by atomic mass is 32.2. The highest BCUT2D eigenvalue weighted by Crippen LogP contribution is 2.17. The minimum atomic E-state index is -3.59. The summed E-state index contributed by atoms with van der Waals surface area (Å²) in [7, 11) is -0.657. The van der Waals surface area contributed by atoms with Crippen molar-refractivity contribution in [3.8, 4) is 11.5 Å². The molecule has 0 fully saturated rings. The molecule has 1 heterocycles. The van der Waals surface area contributed by atoms with Gasteiger partial charge < -0.3 is 19.4 Å². The number of carbonyl (C=O) groups excluding carboxylic acids is 1. The molecule has 2 N–H and O–H groups in total. The number of ether oxygens (including phenoxy) is 2. The van der Waals surface area contributed by atoms with Gasteiger partial charge in [0.1, 0.15) is 28.7 Å². The molecule has 0 unspecified atom stereocenters. The van der Waals surface area contributed by atoms with E-state index in [1.807, 2.05) is 19.1 Å². The molecule has 0 saturated carbocycles. The second kappa shape index (κ2) is 8.72. The van der Waals surface area contributed by atoms with Crippen molar-refractivity contribution in [2.75, 3.05) is 26.8 Å². The van der Waals surface area contributed by atoms with Gasteiger partial charge in [0.15, 0.2) is 0 Å². The van der Waals surface area contributed by atoms with E-state index < -0.39 is 10.0 Å². The van der Waals surface area contributed by atoms with Crippen molar-refractivity contribution in [1.29, 1.82) is 0 Å². The Morgan fingerprint density at radius 3 is 2.35 bits per heavy atom. The fourth-order valence-electron chi connectivity index (χ4n) is 2.25. The Morgan fingerprint density at radius 1 is 1.15 bits per heavy atom. The molecule has 26 heavy (non-hydrogen) atoms. The molecule has 0 spiro atoms. The number of hydrogen-bond donors (Lipinski definition) is 2. The number of benzene rings is 1. The Kier molecular flexibility index (Phi) is 6.64. The van der Waals surface area contributed by atoms with E-state index in [0.717, 1.165) is 5.75 Å². The molecule has 2 aromatic rings. The second-order valence-corrected chi connectivity index (χ2v) is 7.27. The van der Waals surface area contributed by atoms with Gasteiger partial charge in [0.2, 0.25) is 10.0 Å². The van der Waals surface area contributed by atoms with Gasteiger partial charge in [0.05, 0.1) is 13.2 Å². The number of nitrogens with one attached hydrogen (secondary N) is 2. The third-order valence-corrected chi connectivity index (χ3v) is 4.96. The fraction of sp³-hybridized carbons (Fsp3) is 0.353. The zero-order valence-electron chi connectivity index (χ0n) is 15.0. The summed E-state index contributed by atoms with van der Waals surface area (Å²) in [6.45, 7) is 3.08. The van der Waals surface area contributed by atoms with E-state index in [1.165, 1.54) is 23.9 Å². The van der Waals surface area contributed by atoms with Crippen LogP contribution in [0.4, 0.5) is 0 Å². The quantitative estimate of drug-likeness (QED) is 0.635. The van der Waals surface area contributed by atoms with Crippen molar-refractivity contribution >= 4 is 15.9 Å². The molecule has 1 aromatic heterocycles. The summed E-state index contributed by atoms with van der Waals surface area (Å²) < 4.78 is 38.2. The molecular weight excluding hydrogens is 358 g/mol. The van der Waals surface area contributed by atoms with Crippen LogP contribution in [-0.4, -0.2) is 45.7 Å². The maximum Gasteiger partial charge on any atom is 0.268 e. The van der Waals surface area contributed by atoms with Gasteiger partial charge in [-0.05, 0) is 44.3 Å². The number of nitrogens with zero attached hydrogens (tertiary/aromatic N) is 1. The van der Waals surface area contributed by atoms with Gasteiger partial charge in [0, 0.05) is 13.2 Å². The van der Waals surface area contributed by atoms with Crippen LogP contribution < -0.4 is 19.5 Å². The first-order chi connectivity index (χ1) is 12.4. The minimum Gasteiger partial charge on any atom is -0.494 e. The lowest BCUT2D eigenvalue weighted by Crippen LogP contribution is -2.29. The maximum absolute atomic E-state index is 12.2. The number of sulfonamides is 1. The lowest BCUT2D eigenvalue weighted by atomic mass is 10.3. The van der Waals surface area contributed by atoms with Gasteiger partial charge in [-0.3, -0.25) is 4.79 Å². The molecule has 0 saturated heterocycles. The molecule has 2 rings (SSSR count). The van der Waals surface area contributed by atoms with Gasteiger partial charge in [-0.2, -0.15) is 0 Å². The summed E-state index contributed by atoms with van der Waals surface area (Å²) in [5.74, 6) is 1.06. The SMILES string of the molecule is CCOc1ccc(OCCNC(=O)c2cc(S(=O)(=O)NC)cn2C)cc1. The van der Waals surface area contributed by atoms with Crippen LogP contribution in [0.1, 0.15) is 17.4 Å². The van der Waals surface area contributed by atoms with Crippen molar-refractivity contribution in [1.82, 2.24) is 14.6 Å². The highest BCUT2D eigenvalue weighted by Gasteiger charge is 2.18. The molecule has 1 aromatic carbocycles. The maximum atomic E-state index is 12.2. The van der Waals surface area contributed by atoms with Crippen LogP contribution in [0.25, 0.3) is 0 Å². The summed E-state index contributed by atoms with van der Waals surface area (Å²) in [4.78, 5) is 12.2. The first-order valence-electron chi connectivity index (χ1n) is 8.11. The Balaban J connectivity index is 1.85. The van der Waals surface area contributed by atoms with Crippen LogP contribution in [0, 0.1) is 0 Å². The van der Waals surface area contributed by atoms with Gasteiger partial charge in [-0.1, -0.05) is 0 Å². The van der Waals surface area contributed by atoms with E-state index in [-0.39, 0.29) is 29.6 Å². The lowest BCUT2D eigenvalue weighted by Gasteiger charge is -2.09. The number of amides is 1. The van der Waals surface area contributed by atoms with Gasteiger partial charge in [-0.15, -0.1) is 0 Å². The molecule has 0 radical (unpaired) electrons. The van der Waals surface area contributed by atoms with Crippen LogP contribution in [0.3, 0.4) is 0 Å². The fourth-order valence-corrected chi connectivity index (χ4v) is 3.05. The first kappa shape index (κ1) is 19.8. The second-order valence-electron chi connectivity index (χ2n) is 5.39. The summed E-state index contributed by atoms with van der Waals surface area (Å²) >= 11 is 0. The molecular formula is C17H23N3O5S. The predicted octanol–water partition coefficient (Wildman–Crippen LogP) is 1.14. The number of carbonyl (C=O) groups is 1. The molecule has 142 valence electrons. The van der Waals surface area contributed by atoms with E-state index >= 15 is 0 Å². The van der Waals surface area contributed by atoms with Crippen LogP contribution in [0.2, 0.25) is 0 Å². The lowest BCUT2D eigenvalue weighted by molar-refractivity contribution is 0.0939. The summed E-state index contributed by atoms with van der Waals surface area (Å²) in [5.41, 5.74) is 0.250. The van der Waals surface area contributed by atoms with Gasteiger partial charge in [-0.25, -0.2) is 13.1 Å². The van der Waals surface area contributed by atoms with Gasteiger partial charge >= 0.3 is 0 Å². The van der Waals surface area contributed by atoms with E-state index in [1.54, 1.807) is 19.2 Å². The zero-order valence-corrected chi connectivity index (χ0v) is 15.8. The molecule has 1 amide bonds. The third kappa shape index (κ3) is 4.99. The van der Waals surface area contributed by atoms with Crippen LogP contribution in [0.15, 0.2) is 41.4 Å². The molecule has 9 heteroatoms. The Labute approximate surface area is 153 Å². The predicted molar refractivity (Wildman–Crippen MR) is 97.1 cm³/mol. The Bertz CT molecular complexity index is 844. The van der Waals surface area contributed by atoms with Crippen LogP contribution >= 0.6 is 0 Å². The molecule has 0 aliphatic heterocycles. The van der Waals surface area contributed by atoms with Crippen molar-refractivity contribution < 1.29 is 22.7 Å². The topological polar surface area (TPSA) is 98.7 Å². The Morgan fingerprint density at radius 2 is 1.77 bits per heavy atom. The molecule has 8 nitrogen and oxygen atoms in total. The summed E-state index contributed by atoms with van der Waals surface area (Å²) in [6, 6.07) is 8.53.